The second-order valence-corrected chi connectivity index (χ2v) is 6.21. The van der Waals surface area contributed by atoms with Crippen LogP contribution in [0.2, 0.25) is 0 Å². The SMILES string of the molecule is CCCCCCC(C)C(C)(C)C(C)(C(=O)O)C(=O)O. The van der Waals surface area contributed by atoms with Crippen molar-refractivity contribution in [1.29, 1.82) is 0 Å². The zero-order valence-corrected chi connectivity index (χ0v) is 12.8. The minimum atomic E-state index is -1.75. The van der Waals surface area contributed by atoms with E-state index in [2.05, 4.69) is 6.92 Å². The molecule has 0 bridgehead atoms. The molecule has 0 aromatic carbocycles. The molecule has 112 valence electrons. The molecule has 0 aliphatic carbocycles. The van der Waals surface area contributed by atoms with Crippen LogP contribution in [0.4, 0.5) is 0 Å². The first-order valence-corrected chi connectivity index (χ1v) is 7.09. The van der Waals surface area contributed by atoms with E-state index in [1.807, 2.05) is 6.92 Å². The van der Waals surface area contributed by atoms with Crippen molar-refractivity contribution in [2.75, 3.05) is 0 Å². The Bertz CT molecular complexity index is 306. The van der Waals surface area contributed by atoms with Gasteiger partial charge in [0.1, 0.15) is 0 Å². The van der Waals surface area contributed by atoms with E-state index >= 15 is 0 Å². The molecule has 0 aromatic heterocycles. The van der Waals surface area contributed by atoms with E-state index in [9.17, 15) is 19.8 Å². The lowest BCUT2D eigenvalue weighted by Crippen LogP contribution is -2.51. The number of unbranched alkanes of at least 4 members (excludes halogenated alkanes) is 3. The highest BCUT2D eigenvalue weighted by molar-refractivity contribution is 5.98. The lowest BCUT2D eigenvalue weighted by molar-refractivity contribution is -0.175. The van der Waals surface area contributed by atoms with Gasteiger partial charge in [0.05, 0.1) is 0 Å². The van der Waals surface area contributed by atoms with Crippen molar-refractivity contribution in [3.05, 3.63) is 0 Å². The number of hydrogen-bond acceptors (Lipinski definition) is 2. The number of aliphatic carboxylic acids is 2. The van der Waals surface area contributed by atoms with Crippen LogP contribution in [0.15, 0.2) is 0 Å². The largest absolute Gasteiger partial charge is 0.480 e. The van der Waals surface area contributed by atoms with Gasteiger partial charge in [0, 0.05) is 0 Å². The van der Waals surface area contributed by atoms with Gasteiger partial charge in [0.15, 0.2) is 5.41 Å². The van der Waals surface area contributed by atoms with Crippen molar-refractivity contribution in [3.63, 3.8) is 0 Å². The molecule has 0 amide bonds. The minimum Gasteiger partial charge on any atom is -0.480 e. The van der Waals surface area contributed by atoms with Crippen LogP contribution >= 0.6 is 0 Å². The third-order valence-corrected chi connectivity index (χ3v) is 4.87. The highest BCUT2D eigenvalue weighted by Gasteiger charge is 2.55. The molecule has 0 spiro atoms. The first kappa shape index (κ1) is 17.9. The van der Waals surface area contributed by atoms with Crippen LogP contribution < -0.4 is 0 Å². The Morgan fingerprint density at radius 3 is 1.84 bits per heavy atom. The Balaban J connectivity index is 4.91. The summed E-state index contributed by atoms with van der Waals surface area (Å²) >= 11 is 0. The molecule has 1 atom stereocenters. The van der Waals surface area contributed by atoms with Crippen molar-refractivity contribution in [2.24, 2.45) is 16.7 Å². The summed E-state index contributed by atoms with van der Waals surface area (Å²) in [6.07, 6.45) is 5.33. The van der Waals surface area contributed by atoms with Gasteiger partial charge in [0.25, 0.3) is 0 Å². The third kappa shape index (κ3) is 3.71. The molecule has 0 fully saturated rings. The molecule has 4 heteroatoms. The van der Waals surface area contributed by atoms with Crippen molar-refractivity contribution in [2.45, 2.75) is 66.7 Å². The molecule has 0 rings (SSSR count). The Morgan fingerprint density at radius 1 is 1.00 bits per heavy atom. The first-order chi connectivity index (χ1) is 8.62. The summed E-state index contributed by atoms with van der Waals surface area (Å²) in [4.78, 5) is 22.8. The monoisotopic (exact) mass is 272 g/mol. The van der Waals surface area contributed by atoms with Crippen molar-refractivity contribution >= 4 is 11.9 Å². The maximum absolute atomic E-state index is 11.4. The summed E-state index contributed by atoms with van der Waals surface area (Å²) in [5.41, 5.74) is -2.55. The molecular formula is C15H28O4. The second kappa shape index (κ2) is 6.92. The van der Waals surface area contributed by atoms with Crippen molar-refractivity contribution in [1.82, 2.24) is 0 Å². The van der Waals surface area contributed by atoms with Gasteiger partial charge < -0.3 is 10.2 Å². The predicted molar refractivity (Wildman–Crippen MR) is 75.1 cm³/mol. The summed E-state index contributed by atoms with van der Waals surface area (Å²) in [5, 5.41) is 18.6. The van der Waals surface area contributed by atoms with Gasteiger partial charge in [-0.05, 0) is 18.3 Å². The van der Waals surface area contributed by atoms with E-state index in [0.717, 1.165) is 25.7 Å². The van der Waals surface area contributed by atoms with E-state index in [-0.39, 0.29) is 5.92 Å². The molecule has 2 N–H and O–H groups in total. The fraction of sp³-hybridized carbons (Fsp3) is 0.867. The van der Waals surface area contributed by atoms with Gasteiger partial charge in [-0.2, -0.15) is 0 Å². The van der Waals surface area contributed by atoms with E-state index in [1.165, 1.54) is 13.3 Å². The van der Waals surface area contributed by atoms with Crippen molar-refractivity contribution < 1.29 is 19.8 Å². The fourth-order valence-corrected chi connectivity index (χ4v) is 2.37. The maximum atomic E-state index is 11.4. The van der Waals surface area contributed by atoms with Crippen LogP contribution in [0.1, 0.15) is 66.7 Å². The van der Waals surface area contributed by atoms with E-state index in [0.29, 0.717) is 0 Å². The molecule has 0 saturated carbocycles. The van der Waals surface area contributed by atoms with Crippen LogP contribution in [-0.4, -0.2) is 22.2 Å². The number of rotatable bonds is 9. The average molecular weight is 272 g/mol. The summed E-state index contributed by atoms with van der Waals surface area (Å²) in [6.45, 7) is 8.91. The van der Waals surface area contributed by atoms with Gasteiger partial charge in [-0.25, -0.2) is 0 Å². The second-order valence-electron chi connectivity index (χ2n) is 6.21. The lowest BCUT2D eigenvalue weighted by Gasteiger charge is -2.42. The summed E-state index contributed by atoms with van der Waals surface area (Å²) in [7, 11) is 0. The third-order valence-electron chi connectivity index (χ3n) is 4.87. The smallest absolute Gasteiger partial charge is 0.321 e. The standard InChI is InChI=1S/C15H28O4/c1-6-7-8-9-10-11(2)14(3,4)15(5,12(16)17)13(18)19/h11H,6-10H2,1-5H3,(H,16,17)(H,18,19). The number of carboxylic acid groups (broad SMARTS) is 2. The van der Waals surface area contributed by atoms with Crippen LogP contribution in [-0.2, 0) is 9.59 Å². The van der Waals surface area contributed by atoms with Crippen LogP contribution in [0.5, 0.6) is 0 Å². The van der Waals surface area contributed by atoms with Gasteiger partial charge in [-0.15, -0.1) is 0 Å². The molecule has 0 saturated heterocycles. The van der Waals surface area contributed by atoms with Gasteiger partial charge in [-0.3, -0.25) is 9.59 Å². The number of hydrogen-bond donors (Lipinski definition) is 2. The molecule has 19 heavy (non-hydrogen) atoms. The molecule has 1 unspecified atom stereocenters. The molecule has 0 heterocycles. The van der Waals surface area contributed by atoms with E-state index in [4.69, 9.17) is 0 Å². The summed E-state index contributed by atoms with van der Waals surface area (Å²) in [6, 6.07) is 0. The van der Waals surface area contributed by atoms with E-state index in [1.54, 1.807) is 13.8 Å². The normalized spacial score (nSPS) is 14.2. The highest BCUT2D eigenvalue weighted by atomic mass is 16.4. The molecule has 0 radical (unpaired) electrons. The highest BCUT2D eigenvalue weighted by Crippen LogP contribution is 2.47. The first-order valence-electron chi connectivity index (χ1n) is 7.09. The Morgan fingerprint density at radius 2 is 1.47 bits per heavy atom. The molecule has 0 aromatic rings. The zero-order chi connectivity index (χ0) is 15.3. The Labute approximate surface area is 116 Å². The minimum absolute atomic E-state index is 0.0431. The van der Waals surface area contributed by atoms with Crippen LogP contribution in [0.25, 0.3) is 0 Å². The fourth-order valence-electron chi connectivity index (χ4n) is 2.37. The van der Waals surface area contributed by atoms with E-state index < -0.39 is 22.8 Å². The molecule has 0 aliphatic rings. The Kier molecular flexibility index (Phi) is 6.53. The topological polar surface area (TPSA) is 74.6 Å². The van der Waals surface area contributed by atoms with Crippen LogP contribution in [0, 0.1) is 16.7 Å². The van der Waals surface area contributed by atoms with Gasteiger partial charge in [0.2, 0.25) is 0 Å². The number of carbonyl (C=O) groups is 2. The maximum Gasteiger partial charge on any atom is 0.321 e. The predicted octanol–water partition coefficient (Wildman–Crippen LogP) is 3.79. The quantitative estimate of drug-likeness (QED) is 0.494. The van der Waals surface area contributed by atoms with Gasteiger partial charge >= 0.3 is 11.9 Å². The molecule has 4 nitrogen and oxygen atoms in total. The van der Waals surface area contributed by atoms with Crippen LogP contribution in [0.3, 0.4) is 0 Å². The Hall–Kier alpha value is -1.06. The summed E-state index contributed by atoms with van der Waals surface area (Å²) < 4.78 is 0. The lowest BCUT2D eigenvalue weighted by atomic mass is 9.59. The molecule has 0 aliphatic heterocycles. The zero-order valence-electron chi connectivity index (χ0n) is 12.8. The van der Waals surface area contributed by atoms with Gasteiger partial charge in [-0.1, -0.05) is 59.8 Å². The molecular weight excluding hydrogens is 244 g/mol. The number of carboxylic acids is 2. The van der Waals surface area contributed by atoms with Crippen molar-refractivity contribution in [3.8, 4) is 0 Å². The summed E-state index contributed by atoms with van der Waals surface area (Å²) in [5.74, 6) is -2.47. The average Bonchev–Trinajstić information content (AvgIpc) is 2.32.